The first kappa shape index (κ1) is 22.8. The van der Waals surface area contributed by atoms with Crippen molar-refractivity contribution in [3.63, 3.8) is 0 Å². The summed E-state index contributed by atoms with van der Waals surface area (Å²) in [4.78, 5) is 40.2. The minimum absolute atomic E-state index is 0.00252. The van der Waals surface area contributed by atoms with E-state index in [1.165, 1.54) is 5.56 Å². The second kappa shape index (κ2) is 11.5. The molecule has 0 spiro atoms. The third-order valence-electron chi connectivity index (χ3n) is 5.05. The molecule has 7 nitrogen and oxygen atoms in total. The van der Waals surface area contributed by atoms with Crippen molar-refractivity contribution in [1.29, 1.82) is 0 Å². The van der Waals surface area contributed by atoms with Gasteiger partial charge in [0.25, 0.3) is 11.8 Å². The van der Waals surface area contributed by atoms with Crippen LogP contribution in [0, 0.1) is 0 Å². The van der Waals surface area contributed by atoms with Gasteiger partial charge in [-0.05, 0) is 29.8 Å². The molecule has 0 atom stereocenters. The molecule has 8 heteroatoms. The summed E-state index contributed by atoms with van der Waals surface area (Å²) in [5.41, 5.74) is 1.71. The van der Waals surface area contributed by atoms with Crippen molar-refractivity contribution in [2.45, 2.75) is 13.0 Å². The summed E-state index contributed by atoms with van der Waals surface area (Å²) in [7, 11) is 0. The highest BCUT2D eigenvalue weighted by Crippen LogP contribution is 2.10. The molecular formula is C23H26ClN3O4. The van der Waals surface area contributed by atoms with Gasteiger partial charge >= 0.3 is 5.97 Å². The molecule has 1 N–H and O–H groups in total. The van der Waals surface area contributed by atoms with Crippen molar-refractivity contribution in [1.82, 2.24) is 15.1 Å². The van der Waals surface area contributed by atoms with Gasteiger partial charge in [0.15, 0.2) is 6.61 Å². The molecule has 2 amide bonds. The molecule has 0 unspecified atom stereocenters. The number of esters is 1. The molecule has 1 aliphatic heterocycles. The van der Waals surface area contributed by atoms with Crippen LogP contribution in [0.1, 0.15) is 22.3 Å². The van der Waals surface area contributed by atoms with Crippen LogP contribution >= 0.6 is 11.6 Å². The van der Waals surface area contributed by atoms with E-state index < -0.39 is 5.97 Å². The number of amides is 2. The van der Waals surface area contributed by atoms with Crippen LogP contribution in [0.3, 0.4) is 0 Å². The zero-order valence-corrected chi connectivity index (χ0v) is 18.0. The highest BCUT2D eigenvalue weighted by Gasteiger charge is 2.22. The molecule has 1 saturated heterocycles. The number of nitrogens with one attached hydrogen (secondary N) is 1. The minimum Gasteiger partial charge on any atom is -0.456 e. The summed E-state index contributed by atoms with van der Waals surface area (Å²) >= 11 is 5.79. The zero-order valence-electron chi connectivity index (χ0n) is 17.3. The summed E-state index contributed by atoms with van der Waals surface area (Å²) in [6.45, 7) is 3.51. The topological polar surface area (TPSA) is 78.9 Å². The van der Waals surface area contributed by atoms with Crippen molar-refractivity contribution in [2.24, 2.45) is 0 Å². The number of hydrogen-bond acceptors (Lipinski definition) is 5. The van der Waals surface area contributed by atoms with E-state index in [9.17, 15) is 14.4 Å². The zero-order chi connectivity index (χ0) is 22.1. The van der Waals surface area contributed by atoms with Crippen molar-refractivity contribution in [2.75, 3.05) is 39.3 Å². The lowest BCUT2D eigenvalue weighted by Gasteiger charge is -2.34. The third-order valence-corrected chi connectivity index (χ3v) is 5.30. The quantitative estimate of drug-likeness (QED) is 0.633. The van der Waals surface area contributed by atoms with E-state index in [1.54, 1.807) is 29.2 Å². The third kappa shape index (κ3) is 7.38. The second-order valence-corrected chi connectivity index (χ2v) is 7.75. The first-order valence-electron chi connectivity index (χ1n) is 10.2. The average Bonchev–Trinajstić information content (AvgIpc) is 2.79. The number of piperazine rings is 1. The molecule has 1 aliphatic rings. The van der Waals surface area contributed by atoms with E-state index >= 15 is 0 Å². The maximum Gasteiger partial charge on any atom is 0.308 e. The lowest BCUT2D eigenvalue weighted by Crippen LogP contribution is -2.49. The Morgan fingerprint density at radius 3 is 2.29 bits per heavy atom. The van der Waals surface area contributed by atoms with Crippen LogP contribution in [0.25, 0.3) is 0 Å². The average molecular weight is 444 g/mol. The lowest BCUT2D eigenvalue weighted by molar-refractivity contribution is -0.152. The molecule has 31 heavy (non-hydrogen) atoms. The number of hydrogen-bond donors (Lipinski definition) is 1. The van der Waals surface area contributed by atoms with Gasteiger partial charge in [-0.1, -0.05) is 41.9 Å². The van der Waals surface area contributed by atoms with Crippen LogP contribution < -0.4 is 5.32 Å². The van der Waals surface area contributed by atoms with E-state index in [0.717, 1.165) is 19.6 Å². The van der Waals surface area contributed by atoms with E-state index in [4.69, 9.17) is 16.3 Å². The molecule has 0 bridgehead atoms. The van der Waals surface area contributed by atoms with E-state index in [1.807, 2.05) is 18.2 Å². The summed E-state index contributed by atoms with van der Waals surface area (Å²) in [5.74, 6) is -1.01. The number of ether oxygens (including phenoxy) is 1. The Morgan fingerprint density at radius 2 is 1.61 bits per heavy atom. The Balaban J connectivity index is 1.30. The van der Waals surface area contributed by atoms with E-state index in [0.29, 0.717) is 23.7 Å². The largest absolute Gasteiger partial charge is 0.456 e. The van der Waals surface area contributed by atoms with Gasteiger partial charge in [0.2, 0.25) is 0 Å². The molecule has 3 rings (SSSR count). The normalized spacial score (nSPS) is 14.2. The second-order valence-electron chi connectivity index (χ2n) is 7.32. The monoisotopic (exact) mass is 443 g/mol. The predicted molar refractivity (Wildman–Crippen MR) is 118 cm³/mol. The maximum atomic E-state index is 12.3. The fourth-order valence-electron chi connectivity index (χ4n) is 3.28. The number of halogens is 1. The summed E-state index contributed by atoms with van der Waals surface area (Å²) in [6.07, 6.45) is -0.00252. The van der Waals surface area contributed by atoms with Gasteiger partial charge in [0.05, 0.1) is 6.42 Å². The Labute approximate surface area is 186 Å². The molecule has 2 aromatic rings. The number of nitrogens with zero attached hydrogens (tertiary/aromatic N) is 2. The van der Waals surface area contributed by atoms with Crippen LogP contribution in [0.2, 0.25) is 5.02 Å². The first-order valence-corrected chi connectivity index (χ1v) is 10.6. The van der Waals surface area contributed by atoms with Gasteiger partial charge < -0.3 is 15.0 Å². The Morgan fingerprint density at radius 1 is 0.935 bits per heavy atom. The van der Waals surface area contributed by atoms with E-state index in [-0.39, 0.29) is 31.4 Å². The summed E-state index contributed by atoms with van der Waals surface area (Å²) < 4.78 is 5.07. The van der Waals surface area contributed by atoms with Gasteiger partial charge in [-0.2, -0.15) is 0 Å². The SMILES string of the molecule is O=C(CCNC(=O)c1ccc(Cl)cc1)OCC(=O)N1CCN(Cc2ccccc2)CC1. The van der Waals surface area contributed by atoms with Crippen LogP contribution in [0.15, 0.2) is 54.6 Å². The molecule has 164 valence electrons. The molecule has 0 radical (unpaired) electrons. The summed E-state index contributed by atoms with van der Waals surface area (Å²) in [6, 6.07) is 16.7. The number of benzene rings is 2. The molecule has 0 aliphatic carbocycles. The number of carbonyl (C=O) groups is 3. The van der Waals surface area contributed by atoms with Gasteiger partial charge in [0, 0.05) is 49.9 Å². The highest BCUT2D eigenvalue weighted by molar-refractivity contribution is 6.30. The minimum atomic E-state index is -0.521. The standard InChI is InChI=1S/C23H26ClN3O4/c24-20-8-6-19(7-9-20)23(30)25-11-10-22(29)31-17-21(28)27-14-12-26(13-15-27)16-18-4-2-1-3-5-18/h1-9H,10-17H2,(H,25,30). The van der Waals surface area contributed by atoms with Gasteiger partial charge in [-0.15, -0.1) is 0 Å². The van der Waals surface area contributed by atoms with Crippen LogP contribution in [-0.4, -0.2) is 66.9 Å². The van der Waals surface area contributed by atoms with Crippen LogP contribution in [0.5, 0.6) is 0 Å². The Kier molecular flexibility index (Phi) is 8.44. The van der Waals surface area contributed by atoms with Crippen molar-refractivity contribution < 1.29 is 19.1 Å². The first-order chi connectivity index (χ1) is 15.0. The van der Waals surface area contributed by atoms with E-state index in [2.05, 4.69) is 22.3 Å². The fraction of sp³-hybridized carbons (Fsp3) is 0.348. The van der Waals surface area contributed by atoms with Gasteiger partial charge in [-0.3, -0.25) is 19.3 Å². The highest BCUT2D eigenvalue weighted by atomic mass is 35.5. The van der Waals surface area contributed by atoms with Crippen LogP contribution in [-0.2, 0) is 20.9 Å². The molecule has 2 aromatic carbocycles. The van der Waals surface area contributed by atoms with Crippen molar-refractivity contribution in [3.8, 4) is 0 Å². The van der Waals surface area contributed by atoms with Crippen molar-refractivity contribution >= 4 is 29.4 Å². The molecular weight excluding hydrogens is 418 g/mol. The van der Waals surface area contributed by atoms with Crippen molar-refractivity contribution in [3.05, 3.63) is 70.7 Å². The number of rotatable bonds is 8. The van der Waals surface area contributed by atoms with Gasteiger partial charge in [-0.25, -0.2) is 0 Å². The molecule has 1 heterocycles. The Hall–Kier alpha value is -2.90. The Bertz CT molecular complexity index is 881. The van der Waals surface area contributed by atoms with Crippen LogP contribution in [0.4, 0.5) is 0 Å². The molecule has 1 fully saturated rings. The fourth-order valence-corrected chi connectivity index (χ4v) is 3.41. The smallest absolute Gasteiger partial charge is 0.308 e. The van der Waals surface area contributed by atoms with Gasteiger partial charge in [0.1, 0.15) is 0 Å². The maximum absolute atomic E-state index is 12.3. The molecule has 0 aromatic heterocycles. The predicted octanol–water partition coefficient (Wildman–Crippen LogP) is 2.35. The summed E-state index contributed by atoms with van der Waals surface area (Å²) in [5, 5.41) is 3.19. The molecule has 0 saturated carbocycles. The lowest BCUT2D eigenvalue weighted by atomic mass is 10.2. The number of carbonyl (C=O) groups excluding carboxylic acids is 3.